The smallest absolute Gasteiger partial charge is 0.00637 e. The molecule has 86 valence electrons. The molecule has 0 aliphatic heterocycles. The molecule has 0 saturated carbocycles. The predicted octanol–water partition coefficient (Wildman–Crippen LogP) is 2.62. The molecule has 14 heavy (non-hydrogen) atoms. The van der Waals surface area contributed by atoms with Gasteiger partial charge in [-0.05, 0) is 46.7 Å². The van der Waals surface area contributed by atoms with Crippen LogP contribution in [0.3, 0.4) is 0 Å². The summed E-state index contributed by atoms with van der Waals surface area (Å²) in [4.78, 5) is 2.46. The van der Waals surface area contributed by atoms with Gasteiger partial charge in [0.25, 0.3) is 0 Å². The van der Waals surface area contributed by atoms with Gasteiger partial charge in [-0.3, -0.25) is 0 Å². The third-order valence-corrected chi connectivity index (χ3v) is 2.88. The number of unbranched alkanes of at least 4 members (excludes halogenated alkanes) is 1. The summed E-state index contributed by atoms with van der Waals surface area (Å²) in [5.41, 5.74) is 5.70. The number of rotatable bonds is 8. The molecule has 2 N–H and O–H groups in total. The first-order valence-corrected chi connectivity index (χ1v) is 6.03. The third kappa shape index (κ3) is 7.34. The van der Waals surface area contributed by atoms with Crippen molar-refractivity contribution in [3.05, 3.63) is 0 Å². The Balaban J connectivity index is 3.38. The Morgan fingerprint density at radius 3 is 2.29 bits per heavy atom. The topological polar surface area (TPSA) is 29.3 Å². The van der Waals surface area contributed by atoms with Crippen LogP contribution in [-0.2, 0) is 0 Å². The van der Waals surface area contributed by atoms with Gasteiger partial charge in [0, 0.05) is 12.1 Å². The van der Waals surface area contributed by atoms with Gasteiger partial charge >= 0.3 is 0 Å². The zero-order chi connectivity index (χ0) is 11.0. The number of nitrogens with two attached hydrogens (primary N) is 1. The fourth-order valence-corrected chi connectivity index (χ4v) is 1.69. The van der Waals surface area contributed by atoms with Crippen molar-refractivity contribution in [1.29, 1.82) is 0 Å². The van der Waals surface area contributed by atoms with Crippen molar-refractivity contribution < 1.29 is 0 Å². The van der Waals surface area contributed by atoms with Crippen molar-refractivity contribution >= 4 is 0 Å². The highest BCUT2D eigenvalue weighted by atomic mass is 15.1. The molecule has 0 saturated heterocycles. The van der Waals surface area contributed by atoms with Crippen molar-refractivity contribution in [2.24, 2.45) is 5.73 Å². The molecule has 0 fully saturated rings. The average Bonchev–Trinajstić information content (AvgIpc) is 2.12. The number of hydrogen-bond acceptors (Lipinski definition) is 2. The van der Waals surface area contributed by atoms with Crippen LogP contribution in [0.2, 0.25) is 0 Å². The van der Waals surface area contributed by atoms with Gasteiger partial charge in [0.15, 0.2) is 0 Å². The lowest BCUT2D eigenvalue weighted by Gasteiger charge is -2.24. The van der Waals surface area contributed by atoms with Crippen molar-refractivity contribution in [2.75, 3.05) is 13.6 Å². The summed E-state index contributed by atoms with van der Waals surface area (Å²) in [6, 6.07) is 1.10. The molecule has 0 aromatic carbocycles. The van der Waals surface area contributed by atoms with E-state index in [4.69, 9.17) is 5.73 Å². The summed E-state index contributed by atoms with van der Waals surface area (Å²) in [5, 5.41) is 0. The van der Waals surface area contributed by atoms with Gasteiger partial charge in [-0.15, -0.1) is 0 Å². The van der Waals surface area contributed by atoms with E-state index in [1.54, 1.807) is 0 Å². The van der Waals surface area contributed by atoms with E-state index < -0.39 is 0 Å². The van der Waals surface area contributed by atoms with Gasteiger partial charge in [0.1, 0.15) is 0 Å². The Morgan fingerprint density at radius 2 is 1.79 bits per heavy atom. The molecule has 2 atom stereocenters. The molecule has 2 heteroatoms. The van der Waals surface area contributed by atoms with Gasteiger partial charge in [0.05, 0.1) is 0 Å². The lowest BCUT2D eigenvalue weighted by atomic mass is 10.1. The monoisotopic (exact) mass is 200 g/mol. The molecule has 2 nitrogen and oxygen atoms in total. The van der Waals surface area contributed by atoms with Gasteiger partial charge in [-0.25, -0.2) is 0 Å². The quantitative estimate of drug-likeness (QED) is 0.610. The van der Waals surface area contributed by atoms with Crippen molar-refractivity contribution in [3.63, 3.8) is 0 Å². The van der Waals surface area contributed by atoms with Gasteiger partial charge in [-0.2, -0.15) is 0 Å². The van der Waals surface area contributed by atoms with E-state index in [9.17, 15) is 0 Å². The third-order valence-electron chi connectivity index (χ3n) is 2.88. The summed E-state index contributed by atoms with van der Waals surface area (Å²) in [5.74, 6) is 0. The van der Waals surface area contributed by atoms with Crippen molar-refractivity contribution in [1.82, 2.24) is 4.90 Å². The Morgan fingerprint density at radius 1 is 1.14 bits per heavy atom. The van der Waals surface area contributed by atoms with Crippen LogP contribution in [0.25, 0.3) is 0 Å². The molecule has 0 amide bonds. The molecule has 0 spiro atoms. The zero-order valence-electron chi connectivity index (χ0n) is 10.4. The fourth-order valence-electron chi connectivity index (χ4n) is 1.69. The number of hydrogen-bond donors (Lipinski definition) is 1. The van der Waals surface area contributed by atoms with Gasteiger partial charge < -0.3 is 10.6 Å². The highest BCUT2D eigenvalue weighted by Crippen LogP contribution is 2.06. The molecule has 0 aliphatic carbocycles. The summed E-state index contributed by atoms with van der Waals surface area (Å²) in [6.45, 7) is 7.87. The van der Waals surface area contributed by atoms with Crippen LogP contribution in [-0.4, -0.2) is 30.6 Å². The SMILES string of the molecule is CCCC(C)N(C)CCCCC(C)N. The van der Waals surface area contributed by atoms with E-state index in [2.05, 4.69) is 32.7 Å². The second-order valence-electron chi connectivity index (χ2n) is 4.59. The van der Waals surface area contributed by atoms with Crippen LogP contribution in [0, 0.1) is 0 Å². The van der Waals surface area contributed by atoms with Crippen LogP contribution in [0.1, 0.15) is 52.9 Å². The van der Waals surface area contributed by atoms with Crippen LogP contribution < -0.4 is 5.73 Å². The second kappa shape index (κ2) is 8.25. The van der Waals surface area contributed by atoms with Crippen LogP contribution in [0.5, 0.6) is 0 Å². The highest BCUT2D eigenvalue weighted by molar-refractivity contribution is 4.63. The van der Waals surface area contributed by atoms with E-state index in [1.165, 1.54) is 32.2 Å². The van der Waals surface area contributed by atoms with Crippen molar-refractivity contribution in [3.8, 4) is 0 Å². The summed E-state index contributed by atoms with van der Waals surface area (Å²) in [7, 11) is 2.23. The Bertz CT molecular complexity index is 123. The lowest BCUT2D eigenvalue weighted by Crippen LogP contribution is -2.30. The average molecular weight is 200 g/mol. The largest absolute Gasteiger partial charge is 0.328 e. The first-order chi connectivity index (χ1) is 6.57. The molecule has 2 unspecified atom stereocenters. The predicted molar refractivity (Wildman–Crippen MR) is 64.5 cm³/mol. The van der Waals surface area contributed by atoms with Gasteiger partial charge in [0.2, 0.25) is 0 Å². The molecule has 0 aromatic rings. The molecule has 0 bridgehead atoms. The maximum atomic E-state index is 5.70. The van der Waals surface area contributed by atoms with Crippen LogP contribution in [0.4, 0.5) is 0 Å². The second-order valence-corrected chi connectivity index (χ2v) is 4.59. The zero-order valence-corrected chi connectivity index (χ0v) is 10.4. The minimum atomic E-state index is 0.369. The lowest BCUT2D eigenvalue weighted by molar-refractivity contribution is 0.239. The maximum Gasteiger partial charge on any atom is 0.00637 e. The van der Waals surface area contributed by atoms with E-state index >= 15 is 0 Å². The molecule has 0 radical (unpaired) electrons. The first-order valence-electron chi connectivity index (χ1n) is 6.03. The maximum absolute atomic E-state index is 5.70. The van der Waals surface area contributed by atoms with E-state index in [-0.39, 0.29) is 0 Å². The minimum absolute atomic E-state index is 0.369. The minimum Gasteiger partial charge on any atom is -0.328 e. The molecule has 0 aromatic heterocycles. The first kappa shape index (κ1) is 13.9. The van der Waals surface area contributed by atoms with Gasteiger partial charge in [-0.1, -0.05) is 19.8 Å². The summed E-state index contributed by atoms with van der Waals surface area (Å²) < 4.78 is 0. The highest BCUT2D eigenvalue weighted by Gasteiger charge is 2.06. The van der Waals surface area contributed by atoms with Crippen molar-refractivity contribution in [2.45, 2.75) is 65.0 Å². The summed E-state index contributed by atoms with van der Waals surface area (Å²) >= 11 is 0. The molecule has 0 rings (SSSR count). The van der Waals surface area contributed by atoms with E-state index in [1.807, 2.05) is 0 Å². The molecular formula is C12H28N2. The molecular weight excluding hydrogens is 172 g/mol. The standard InChI is InChI=1S/C12H28N2/c1-5-8-12(3)14(4)10-7-6-9-11(2)13/h11-12H,5-10,13H2,1-4H3. The Kier molecular flexibility index (Phi) is 8.20. The fraction of sp³-hybridized carbons (Fsp3) is 1.00. The normalized spacial score (nSPS) is 15.9. The molecule has 0 heterocycles. The summed E-state index contributed by atoms with van der Waals surface area (Å²) in [6.07, 6.45) is 6.30. The number of nitrogens with zero attached hydrogens (tertiary/aromatic N) is 1. The Labute approximate surface area is 89.9 Å². The van der Waals surface area contributed by atoms with Crippen LogP contribution in [0.15, 0.2) is 0 Å². The molecule has 0 aliphatic rings. The van der Waals surface area contributed by atoms with Crippen LogP contribution >= 0.6 is 0 Å². The van der Waals surface area contributed by atoms with E-state index in [0.717, 1.165) is 12.5 Å². The Hall–Kier alpha value is -0.0800. The van der Waals surface area contributed by atoms with E-state index in [0.29, 0.717) is 6.04 Å².